The van der Waals surface area contributed by atoms with Crippen LogP contribution >= 0.6 is 0 Å². The van der Waals surface area contributed by atoms with E-state index in [1.54, 1.807) is 12.1 Å². The van der Waals surface area contributed by atoms with Crippen molar-refractivity contribution in [1.82, 2.24) is 5.32 Å². The molecule has 1 aliphatic heterocycles. The Hall–Kier alpha value is -1.91. The standard InChI is InChI=1S/C14H17FN2O2/c1-14(2,3)16-13(18)12-8-11(17-19-12)9-4-6-10(15)7-5-9/h4-7,12H,8H2,1-3H3,(H,16,18)/t12-/m1/s1. The van der Waals surface area contributed by atoms with E-state index in [1.165, 1.54) is 12.1 Å². The Labute approximate surface area is 111 Å². The van der Waals surface area contributed by atoms with Crippen LogP contribution in [0.5, 0.6) is 0 Å². The van der Waals surface area contributed by atoms with Crippen LogP contribution in [0.15, 0.2) is 29.4 Å². The number of carbonyl (C=O) groups excluding carboxylic acids is 1. The van der Waals surface area contributed by atoms with E-state index < -0.39 is 6.10 Å². The van der Waals surface area contributed by atoms with Crippen LogP contribution < -0.4 is 5.32 Å². The summed E-state index contributed by atoms with van der Waals surface area (Å²) in [5, 5.41) is 6.75. The highest BCUT2D eigenvalue weighted by Gasteiger charge is 2.30. The van der Waals surface area contributed by atoms with E-state index in [1.807, 2.05) is 20.8 Å². The minimum absolute atomic E-state index is 0.187. The number of halogens is 1. The molecule has 1 atom stereocenters. The molecule has 0 saturated carbocycles. The molecule has 1 aromatic carbocycles. The number of rotatable bonds is 2. The van der Waals surface area contributed by atoms with Gasteiger partial charge >= 0.3 is 0 Å². The van der Waals surface area contributed by atoms with E-state index in [-0.39, 0.29) is 17.3 Å². The van der Waals surface area contributed by atoms with Gasteiger partial charge in [0.15, 0.2) is 0 Å². The molecule has 0 bridgehead atoms. The van der Waals surface area contributed by atoms with Crippen LogP contribution in [0, 0.1) is 5.82 Å². The Morgan fingerprint density at radius 1 is 1.37 bits per heavy atom. The van der Waals surface area contributed by atoms with Crippen molar-refractivity contribution in [2.75, 3.05) is 0 Å². The van der Waals surface area contributed by atoms with Crippen LogP contribution in [0.4, 0.5) is 4.39 Å². The minimum Gasteiger partial charge on any atom is -0.382 e. The van der Waals surface area contributed by atoms with Crippen molar-refractivity contribution in [3.8, 4) is 0 Å². The van der Waals surface area contributed by atoms with Crippen LogP contribution in [0.1, 0.15) is 32.8 Å². The zero-order chi connectivity index (χ0) is 14.0. The summed E-state index contributed by atoms with van der Waals surface area (Å²) < 4.78 is 12.8. The molecule has 102 valence electrons. The summed E-state index contributed by atoms with van der Waals surface area (Å²) >= 11 is 0. The van der Waals surface area contributed by atoms with Crippen molar-refractivity contribution in [3.63, 3.8) is 0 Å². The highest BCUT2D eigenvalue weighted by atomic mass is 19.1. The summed E-state index contributed by atoms with van der Waals surface area (Å²) in [7, 11) is 0. The first-order chi connectivity index (χ1) is 8.85. The van der Waals surface area contributed by atoms with Gasteiger partial charge in [-0.2, -0.15) is 0 Å². The Morgan fingerprint density at radius 2 is 2.00 bits per heavy atom. The summed E-state index contributed by atoms with van der Waals surface area (Å²) in [4.78, 5) is 17.1. The summed E-state index contributed by atoms with van der Waals surface area (Å²) in [5.41, 5.74) is 1.13. The molecule has 0 radical (unpaired) electrons. The maximum absolute atomic E-state index is 12.8. The average Bonchev–Trinajstić information content (AvgIpc) is 2.77. The summed E-state index contributed by atoms with van der Waals surface area (Å²) in [6.45, 7) is 5.71. The molecule has 0 unspecified atom stereocenters. The van der Waals surface area contributed by atoms with Gasteiger partial charge in [-0.1, -0.05) is 17.3 Å². The van der Waals surface area contributed by atoms with Gasteiger partial charge in [-0.3, -0.25) is 4.79 Å². The van der Waals surface area contributed by atoms with Crippen LogP contribution in [0.3, 0.4) is 0 Å². The second-order valence-corrected chi connectivity index (χ2v) is 5.58. The molecule has 1 amide bonds. The van der Waals surface area contributed by atoms with Crippen molar-refractivity contribution in [2.45, 2.75) is 38.8 Å². The molecule has 2 rings (SSSR count). The van der Waals surface area contributed by atoms with Gasteiger partial charge in [0.25, 0.3) is 5.91 Å². The lowest BCUT2D eigenvalue weighted by Gasteiger charge is -2.22. The van der Waals surface area contributed by atoms with Gasteiger partial charge in [-0.15, -0.1) is 0 Å². The van der Waals surface area contributed by atoms with E-state index in [0.29, 0.717) is 12.1 Å². The van der Waals surface area contributed by atoms with Crippen molar-refractivity contribution >= 4 is 11.6 Å². The van der Waals surface area contributed by atoms with Crippen molar-refractivity contribution in [3.05, 3.63) is 35.6 Å². The first-order valence-corrected chi connectivity index (χ1v) is 6.16. The average molecular weight is 264 g/mol. The predicted molar refractivity (Wildman–Crippen MR) is 70.3 cm³/mol. The molecular formula is C14H17FN2O2. The number of nitrogens with one attached hydrogen (secondary N) is 1. The lowest BCUT2D eigenvalue weighted by molar-refractivity contribution is -0.132. The summed E-state index contributed by atoms with van der Waals surface area (Å²) in [6.07, 6.45) is -0.215. The summed E-state index contributed by atoms with van der Waals surface area (Å²) in [6, 6.07) is 5.98. The number of hydrogen-bond acceptors (Lipinski definition) is 3. The van der Waals surface area contributed by atoms with Gasteiger partial charge in [0.1, 0.15) is 5.82 Å². The number of carbonyl (C=O) groups is 1. The molecule has 5 heteroatoms. The third kappa shape index (κ3) is 3.53. The highest BCUT2D eigenvalue weighted by Crippen LogP contribution is 2.18. The Balaban J connectivity index is 1.99. The molecular weight excluding hydrogens is 247 g/mol. The second-order valence-electron chi connectivity index (χ2n) is 5.58. The van der Waals surface area contributed by atoms with Gasteiger partial charge in [-0.25, -0.2) is 4.39 Å². The molecule has 1 N–H and O–H groups in total. The molecule has 0 spiro atoms. The Morgan fingerprint density at radius 3 is 2.58 bits per heavy atom. The van der Waals surface area contributed by atoms with Crippen LogP contribution in [0.25, 0.3) is 0 Å². The quantitative estimate of drug-likeness (QED) is 0.890. The van der Waals surface area contributed by atoms with Crippen molar-refractivity contribution in [2.24, 2.45) is 5.16 Å². The minimum atomic E-state index is -0.612. The monoisotopic (exact) mass is 264 g/mol. The van der Waals surface area contributed by atoms with E-state index in [9.17, 15) is 9.18 Å². The van der Waals surface area contributed by atoms with Gasteiger partial charge < -0.3 is 10.2 Å². The zero-order valence-corrected chi connectivity index (χ0v) is 11.2. The maximum atomic E-state index is 12.8. The zero-order valence-electron chi connectivity index (χ0n) is 11.2. The lowest BCUT2D eigenvalue weighted by atomic mass is 10.0. The largest absolute Gasteiger partial charge is 0.382 e. The van der Waals surface area contributed by atoms with Crippen molar-refractivity contribution in [1.29, 1.82) is 0 Å². The molecule has 0 aliphatic carbocycles. The molecule has 1 heterocycles. The van der Waals surface area contributed by atoms with E-state index in [4.69, 9.17) is 4.84 Å². The van der Waals surface area contributed by atoms with Gasteiger partial charge in [-0.05, 0) is 38.5 Å². The number of oxime groups is 1. The van der Waals surface area contributed by atoms with Crippen molar-refractivity contribution < 1.29 is 14.0 Å². The van der Waals surface area contributed by atoms with E-state index in [2.05, 4.69) is 10.5 Å². The maximum Gasteiger partial charge on any atom is 0.264 e. The van der Waals surface area contributed by atoms with Crippen LogP contribution in [-0.2, 0) is 9.63 Å². The molecule has 0 saturated heterocycles. The van der Waals surface area contributed by atoms with E-state index >= 15 is 0 Å². The molecule has 19 heavy (non-hydrogen) atoms. The highest BCUT2D eigenvalue weighted by molar-refractivity contribution is 6.04. The topological polar surface area (TPSA) is 50.7 Å². The normalized spacial score (nSPS) is 18.7. The van der Waals surface area contributed by atoms with E-state index in [0.717, 1.165) is 5.56 Å². The number of benzene rings is 1. The third-order valence-electron chi connectivity index (χ3n) is 2.64. The fourth-order valence-electron chi connectivity index (χ4n) is 1.78. The van der Waals surface area contributed by atoms with Gasteiger partial charge in [0, 0.05) is 12.0 Å². The SMILES string of the molecule is CC(C)(C)NC(=O)[C@H]1CC(c2ccc(F)cc2)=NO1. The van der Waals surface area contributed by atoms with Gasteiger partial charge in [0.2, 0.25) is 6.10 Å². The number of amides is 1. The molecule has 0 fully saturated rings. The third-order valence-corrected chi connectivity index (χ3v) is 2.64. The van der Waals surface area contributed by atoms with Gasteiger partial charge in [0.05, 0.1) is 5.71 Å². The first kappa shape index (κ1) is 13.5. The molecule has 1 aromatic rings. The molecule has 1 aliphatic rings. The van der Waals surface area contributed by atoms with Crippen LogP contribution in [-0.4, -0.2) is 23.3 Å². The van der Waals surface area contributed by atoms with Crippen LogP contribution in [0.2, 0.25) is 0 Å². The second kappa shape index (κ2) is 4.99. The first-order valence-electron chi connectivity index (χ1n) is 6.16. The Kier molecular flexibility index (Phi) is 3.55. The summed E-state index contributed by atoms with van der Waals surface area (Å²) in [5.74, 6) is -0.487. The lowest BCUT2D eigenvalue weighted by Crippen LogP contribution is -2.45. The fraction of sp³-hybridized carbons (Fsp3) is 0.429. The number of nitrogens with zero attached hydrogens (tertiary/aromatic N) is 1. The smallest absolute Gasteiger partial charge is 0.264 e. The fourth-order valence-corrected chi connectivity index (χ4v) is 1.78. The Bertz CT molecular complexity index is 503. The number of hydrogen-bond donors (Lipinski definition) is 1. The molecule has 0 aromatic heterocycles. The predicted octanol–water partition coefficient (Wildman–Crippen LogP) is 2.23. The molecule has 4 nitrogen and oxygen atoms in total.